The number of nitrogens with zero attached hydrogens (tertiary/aromatic N) is 3. The largest absolute Gasteiger partial charge is 0.384 e. The zero-order chi connectivity index (χ0) is 13.9. The molecule has 0 bridgehead atoms. The molecule has 0 saturated carbocycles. The van der Waals surface area contributed by atoms with Crippen molar-refractivity contribution in [2.75, 3.05) is 23.7 Å². The summed E-state index contributed by atoms with van der Waals surface area (Å²) in [6, 6.07) is 1.91. The summed E-state index contributed by atoms with van der Waals surface area (Å²) in [4.78, 5) is 11.4. The standard InChI is InChI=1S/C15H26N4/c1-15(2,3)11-12-10-13(16)18-14(17-12)19-8-6-4-5-7-9-19/h10H,4-9,11H2,1-3H3,(H2,16,17,18). The molecule has 0 radical (unpaired) electrons. The molecule has 1 saturated heterocycles. The molecule has 2 N–H and O–H groups in total. The maximum atomic E-state index is 5.95. The molecule has 0 spiro atoms. The van der Waals surface area contributed by atoms with Crippen LogP contribution >= 0.6 is 0 Å². The molecule has 1 aromatic rings. The first-order valence-corrected chi connectivity index (χ1v) is 7.32. The predicted molar refractivity (Wildman–Crippen MR) is 80.3 cm³/mol. The Morgan fingerprint density at radius 1 is 1.11 bits per heavy atom. The lowest BCUT2D eigenvalue weighted by Gasteiger charge is -2.22. The highest BCUT2D eigenvalue weighted by atomic mass is 15.3. The molecule has 4 heteroatoms. The molecule has 1 aliphatic rings. The molecule has 1 fully saturated rings. The molecule has 106 valence electrons. The smallest absolute Gasteiger partial charge is 0.227 e. The highest BCUT2D eigenvalue weighted by molar-refractivity contribution is 5.40. The first-order chi connectivity index (χ1) is 8.94. The van der Waals surface area contributed by atoms with Gasteiger partial charge in [-0.3, -0.25) is 0 Å². The zero-order valence-corrected chi connectivity index (χ0v) is 12.4. The van der Waals surface area contributed by atoms with Gasteiger partial charge in [-0.25, -0.2) is 4.98 Å². The van der Waals surface area contributed by atoms with Gasteiger partial charge >= 0.3 is 0 Å². The Labute approximate surface area is 116 Å². The van der Waals surface area contributed by atoms with Gasteiger partial charge < -0.3 is 10.6 Å². The van der Waals surface area contributed by atoms with Crippen molar-refractivity contribution in [2.45, 2.75) is 52.9 Å². The molecule has 4 nitrogen and oxygen atoms in total. The molecular formula is C15H26N4. The predicted octanol–water partition coefficient (Wildman–Crippen LogP) is 3.03. The first kappa shape index (κ1) is 14.1. The SMILES string of the molecule is CC(C)(C)Cc1cc(N)nc(N2CCCCCC2)n1. The Bertz CT molecular complexity index is 415. The maximum Gasteiger partial charge on any atom is 0.227 e. The molecule has 2 rings (SSSR count). The second-order valence-corrected chi connectivity index (χ2v) is 6.72. The fourth-order valence-corrected chi connectivity index (χ4v) is 2.55. The van der Waals surface area contributed by atoms with Gasteiger partial charge in [0.05, 0.1) is 0 Å². The van der Waals surface area contributed by atoms with Crippen molar-refractivity contribution in [2.24, 2.45) is 5.41 Å². The molecule has 2 heterocycles. The molecule has 0 unspecified atom stereocenters. The summed E-state index contributed by atoms with van der Waals surface area (Å²) in [5.41, 5.74) is 7.22. The van der Waals surface area contributed by atoms with Crippen LogP contribution < -0.4 is 10.6 Å². The third-order valence-electron chi connectivity index (χ3n) is 3.39. The van der Waals surface area contributed by atoms with Crippen molar-refractivity contribution >= 4 is 11.8 Å². The lowest BCUT2D eigenvalue weighted by atomic mass is 9.90. The minimum absolute atomic E-state index is 0.219. The van der Waals surface area contributed by atoms with Crippen LogP contribution in [0.1, 0.15) is 52.1 Å². The Morgan fingerprint density at radius 3 is 2.32 bits per heavy atom. The quantitative estimate of drug-likeness (QED) is 0.890. The summed E-state index contributed by atoms with van der Waals surface area (Å²) in [6.45, 7) is 8.77. The fraction of sp³-hybridized carbons (Fsp3) is 0.733. The molecule has 0 aromatic carbocycles. The number of aromatic nitrogens is 2. The maximum absolute atomic E-state index is 5.95. The summed E-state index contributed by atoms with van der Waals surface area (Å²) in [5.74, 6) is 1.41. The highest BCUT2D eigenvalue weighted by Crippen LogP contribution is 2.23. The van der Waals surface area contributed by atoms with E-state index in [0.29, 0.717) is 5.82 Å². The molecule has 0 atom stereocenters. The molecular weight excluding hydrogens is 236 g/mol. The van der Waals surface area contributed by atoms with E-state index >= 15 is 0 Å². The van der Waals surface area contributed by atoms with Crippen molar-refractivity contribution in [3.8, 4) is 0 Å². The van der Waals surface area contributed by atoms with Crippen molar-refractivity contribution in [1.82, 2.24) is 9.97 Å². The third kappa shape index (κ3) is 4.37. The van der Waals surface area contributed by atoms with E-state index in [0.717, 1.165) is 31.2 Å². The van der Waals surface area contributed by atoms with Crippen molar-refractivity contribution in [3.05, 3.63) is 11.8 Å². The Morgan fingerprint density at radius 2 is 1.74 bits per heavy atom. The van der Waals surface area contributed by atoms with Crippen molar-refractivity contribution in [3.63, 3.8) is 0 Å². The summed E-state index contributed by atoms with van der Waals surface area (Å²) >= 11 is 0. The van der Waals surface area contributed by atoms with Crippen molar-refractivity contribution < 1.29 is 0 Å². The van der Waals surface area contributed by atoms with Crippen LogP contribution in [0, 0.1) is 5.41 Å². The van der Waals surface area contributed by atoms with E-state index < -0.39 is 0 Å². The number of hydrogen-bond acceptors (Lipinski definition) is 4. The van der Waals surface area contributed by atoms with Gasteiger partial charge in [0.1, 0.15) is 5.82 Å². The summed E-state index contributed by atoms with van der Waals surface area (Å²) in [5, 5.41) is 0. The minimum Gasteiger partial charge on any atom is -0.384 e. The molecule has 0 amide bonds. The Hall–Kier alpha value is -1.32. The fourth-order valence-electron chi connectivity index (χ4n) is 2.55. The van der Waals surface area contributed by atoms with Gasteiger partial charge in [0.15, 0.2) is 0 Å². The summed E-state index contributed by atoms with van der Waals surface area (Å²) in [7, 11) is 0. The molecule has 1 aliphatic heterocycles. The Kier molecular flexibility index (Phi) is 4.27. The second kappa shape index (κ2) is 5.76. The number of nitrogens with two attached hydrogens (primary N) is 1. The summed E-state index contributed by atoms with van der Waals surface area (Å²) in [6.07, 6.45) is 6.02. The van der Waals surface area contributed by atoms with Crippen LogP contribution in [0.3, 0.4) is 0 Å². The second-order valence-electron chi connectivity index (χ2n) is 6.72. The van der Waals surface area contributed by atoms with Gasteiger partial charge in [-0.15, -0.1) is 0 Å². The van der Waals surface area contributed by atoms with E-state index in [9.17, 15) is 0 Å². The highest BCUT2D eigenvalue weighted by Gasteiger charge is 2.17. The lowest BCUT2D eigenvalue weighted by molar-refractivity contribution is 0.406. The van der Waals surface area contributed by atoms with Crippen molar-refractivity contribution in [1.29, 1.82) is 0 Å². The normalized spacial score (nSPS) is 17.3. The van der Waals surface area contributed by atoms with Crippen LogP contribution in [0.5, 0.6) is 0 Å². The van der Waals surface area contributed by atoms with E-state index in [-0.39, 0.29) is 5.41 Å². The number of hydrogen-bond donors (Lipinski definition) is 1. The van der Waals surface area contributed by atoms with Crippen LogP contribution in [0.2, 0.25) is 0 Å². The van der Waals surface area contributed by atoms with Gasteiger partial charge in [0.25, 0.3) is 0 Å². The van der Waals surface area contributed by atoms with Gasteiger partial charge in [-0.05, 0) is 24.7 Å². The molecule has 1 aromatic heterocycles. The monoisotopic (exact) mass is 262 g/mol. The lowest BCUT2D eigenvalue weighted by Crippen LogP contribution is -2.27. The van der Waals surface area contributed by atoms with E-state index in [1.54, 1.807) is 0 Å². The van der Waals surface area contributed by atoms with E-state index in [1.807, 2.05) is 6.07 Å². The number of nitrogen functional groups attached to an aromatic ring is 1. The van der Waals surface area contributed by atoms with Gasteiger partial charge in [0, 0.05) is 24.8 Å². The van der Waals surface area contributed by atoms with E-state index in [4.69, 9.17) is 10.7 Å². The van der Waals surface area contributed by atoms with E-state index in [2.05, 4.69) is 30.7 Å². The summed E-state index contributed by atoms with van der Waals surface area (Å²) < 4.78 is 0. The van der Waals surface area contributed by atoms with Gasteiger partial charge in [-0.2, -0.15) is 4.98 Å². The Balaban J connectivity index is 2.20. The topological polar surface area (TPSA) is 55.0 Å². The molecule has 0 aliphatic carbocycles. The van der Waals surface area contributed by atoms with Crippen LogP contribution in [0.4, 0.5) is 11.8 Å². The average Bonchev–Trinajstić information content (AvgIpc) is 2.53. The first-order valence-electron chi connectivity index (χ1n) is 7.32. The number of rotatable bonds is 2. The molecule has 19 heavy (non-hydrogen) atoms. The van der Waals surface area contributed by atoms with Crippen LogP contribution in [0.15, 0.2) is 6.07 Å². The zero-order valence-electron chi connectivity index (χ0n) is 12.4. The number of anilines is 2. The average molecular weight is 262 g/mol. The van der Waals surface area contributed by atoms with Gasteiger partial charge in [0.2, 0.25) is 5.95 Å². The van der Waals surface area contributed by atoms with Crippen LogP contribution in [-0.2, 0) is 6.42 Å². The third-order valence-corrected chi connectivity index (χ3v) is 3.39. The van der Waals surface area contributed by atoms with Crippen LogP contribution in [0.25, 0.3) is 0 Å². The minimum atomic E-state index is 0.219. The van der Waals surface area contributed by atoms with E-state index in [1.165, 1.54) is 25.7 Å². The van der Waals surface area contributed by atoms with Gasteiger partial charge in [-0.1, -0.05) is 33.6 Å². The van der Waals surface area contributed by atoms with Crippen LogP contribution in [-0.4, -0.2) is 23.1 Å².